The maximum absolute atomic E-state index is 11.6. The topological polar surface area (TPSA) is 29.5 Å². The van der Waals surface area contributed by atoms with Crippen molar-refractivity contribution >= 4 is 12.0 Å². The molecule has 3 nitrogen and oxygen atoms in total. The van der Waals surface area contributed by atoms with Crippen LogP contribution in [0, 0.1) is 0 Å². The van der Waals surface area contributed by atoms with Crippen molar-refractivity contribution in [3.05, 3.63) is 35.9 Å². The Labute approximate surface area is 96.3 Å². The van der Waals surface area contributed by atoms with E-state index in [9.17, 15) is 4.79 Å². The highest BCUT2D eigenvalue weighted by Gasteiger charge is 2.10. The summed E-state index contributed by atoms with van der Waals surface area (Å²) in [5.41, 5.74) is 1.88. The molecule has 0 aromatic heterocycles. The van der Waals surface area contributed by atoms with Gasteiger partial charge in [0, 0.05) is 19.7 Å². The average molecular weight is 219 g/mol. The molecule has 1 rings (SSSR count). The molecule has 0 saturated heterocycles. The molecule has 1 aromatic carbocycles. The standard InChI is InChI=1S/C13H17NO2/c1-5-10-6-7-12(16-4)11(8-10)9-13(15)14(2)3/h5-8H,1,9H2,2-4H3. The van der Waals surface area contributed by atoms with E-state index in [1.807, 2.05) is 18.2 Å². The Morgan fingerprint density at radius 1 is 1.50 bits per heavy atom. The van der Waals surface area contributed by atoms with Crippen LogP contribution < -0.4 is 4.74 Å². The maximum Gasteiger partial charge on any atom is 0.226 e. The molecule has 16 heavy (non-hydrogen) atoms. The van der Waals surface area contributed by atoms with Crippen molar-refractivity contribution in [2.75, 3.05) is 21.2 Å². The summed E-state index contributed by atoms with van der Waals surface area (Å²) in [6, 6.07) is 5.69. The Balaban J connectivity index is 3.00. The number of benzene rings is 1. The lowest BCUT2D eigenvalue weighted by Gasteiger charge is -2.13. The van der Waals surface area contributed by atoms with E-state index < -0.39 is 0 Å². The minimum Gasteiger partial charge on any atom is -0.496 e. The normalized spacial score (nSPS) is 9.69. The summed E-state index contributed by atoms with van der Waals surface area (Å²) in [6.07, 6.45) is 2.10. The monoisotopic (exact) mass is 219 g/mol. The van der Waals surface area contributed by atoms with E-state index in [4.69, 9.17) is 4.74 Å². The predicted octanol–water partition coefficient (Wildman–Crippen LogP) is 1.97. The molecule has 0 saturated carbocycles. The number of likely N-dealkylation sites (N-methyl/N-ethyl adjacent to an activating group) is 1. The molecule has 0 atom stereocenters. The fraction of sp³-hybridized carbons (Fsp3) is 0.308. The smallest absolute Gasteiger partial charge is 0.226 e. The second-order valence-corrected chi connectivity index (χ2v) is 3.74. The Morgan fingerprint density at radius 3 is 2.69 bits per heavy atom. The first-order chi connectivity index (χ1) is 7.58. The molecule has 0 fully saturated rings. The van der Waals surface area contributed by atoms with Gasteiger partial charge < -0.3 is 9.64 Å². The quantitative estimate of drug-likeness (QED) is 0.774. The maximum atomic E-state index is 11.6. The van der Waals surface area contributed by atoms with Crippen LogP contribution in [-0.2, 0) is 11.2 Å². The van der Waals surface area contributed by atoms with Gasteiger partial charge in [-0.25, -0.2) is 0 Å². The third-order valence-electron chi connectivity index (χ3n) is 2.38. The minimum atomic E-state index is 0.0551. The molecule has 0 aliphatic heterocycles. The molecule has 1 amide bonds. The second kappa shape index (κ2) is 5.35. The van der Waals surface area contributed by atoms with Crippen molar-refractivity contribution in [2.24, 2.45) is 0 Å². The first kappa shape index (κ1) is 12.3. The van der Waals surface area contributed by atoms with Crippen molar-refractivity contribution in [1.29, 1.82) is 0 Å². The summed E-state index contributed by atoms with van der Waals surface area (Å²) in [7, 11) is 5.09. The third kappa shape index (κ3) is 2.86. The van der Waals surface area contributed by atoms with Crippen LogP contribution in [0.2, 0.25) is 0 Å². The van der Waals surface area contributed by atoms with Crippen LogP contribution in [0.3, 0.4) is 0 Å². The largest absolute Gasteiger partial charge is 0.496 e. The molecule has 3 heteroatoms. The van der Waals surface area contributed by atoms with Crippen LogP contribution in [0.4, 0.5) is 0 Å². The summed E-state index contributed by atoms with van der Waals surface area (Å²) in [6.45, 7) is 3.71. The molecule has 0 aliphatic carbocycles. The molecule has 1 aromatic rings. The van der Waals surface area contributed by atoms with E-state index in [0.29, 0.717) is 6.42 Å². The summed E-state index contributed by atoms with van der Waals surface area (Å²) >= 11 is 0. The average Bonchev–Trinajstić information content (AvgIpc) is 2.28. The van der Waals surface area contributed by atoms with Crippen molar-refractivity contribution in [3.63, 3.8) is 0 Å². The minimum absolute atomic E-state index is 0.0551. The zero-order valence-corrected chi connectivity index (χ0v) is 9.99. The summed E-state index contributed by atoms with van der Waals surface area (Å²) in [5.74, 6) is 0.792. The fourth-order valence-corrected chi connectivity index (χ4v) is 1.38. The van der Waals surface area contributed by atoms with Gasteiger partial charge in [-0.05, 0) is 17.7 Å². The lowest BCUT2D eigenvalue weighted by Crippen LogP contribution is -2.23. The van der Waals surface area contributed by atoms with Crippen molar-refractivity contribution in [2.45, 2.75) is 6.42 Å². The molecule has 0 heterocycles. The highest BCUT2D eigenvalue weighted by atomic mass is 16.5. The van der Waals surface area contributed by atoms with Crippen LogP contribution >= 0.6 is 0 Å². The summed E-state index contributed by atoms with van der Waals surface area (Å²) in [5, 5.41) is 0. The fourth-order valence-electron chi connectivity index (χ4n) is 1.38. The van der Waals surface area contributed by atoms with Crippen molar-refractivity contribution in [1.82, 2.24) is 4.90 Å². The van der Waals surface area contributed by atoms with Gasteiger partial charge in [0.05, 0.1) is 13.5 Å². The Bertz CT molecular complexity index is 397. The van der Waals surface area contributed by atoms with Gasteiger partial charge in [-0.3, -0.25) is 4.79 Å². The molecule has 0 spiro atoms. The number of hydrogen-bond acceptors (Lipinski definition) is 2. The van der Waals surface area contributed by atoms with Crippen molar-refractivity contribution in [3.8, 4) is 5.75 Å². The number of nitrogens with zero attached hydrogens (tertiary/aromatic N) is 1. The summed E-state index contributed by atoms with van der Waals surface area (Å²) in [4.78, 5) is 13.2. The van der Waals surface area contributed by atoms with Gasteiger partial charge >= 0.3 is 0 Å². The van der Waals surface area contributed by atoms with E-state index in [0.717, 1.165) is 16.9 Å². The Morgan fingerprint density at radius 2 is 2.19 bits per heavy atom. The van der Waals surface area contributed by atoms with E-state index in [1.165, 1.54) is 0 Å². The van der Waals surface area contributed by atoms with Crippen LogP contribution in [-0.4, -0.2) is 32.0 Å². The SMILES string of the molecule is C=Cc1ccc(OC)c(CC(=O)N(C)C)c1. The van der Waals surface area contributed by atoms with Gasteiger partial charge in [-0.15, -0.1) is 0 Å². The lowest BCUT2D eigenvalue weighted by molar-refractivity contribution is -0.127. The van der Waals surface area contributed by atoms with Crippen LogP contribution in [0.15, 0.2) is 24.8 Å². The van der Waals surface area contributed by atoms with Gasteiger partial charge in [0.1, 0.15) is 5.75 Å². The second-order valence-electron chi connectivity index (χ2n) is 3.74. The van der Waals surface area contributed by atoms with Crippen LogP contribution in [0.1, 0.15) is 11.1 Å². The number of carbonyl (C=O) groups excluding carboxylic acids is 1. The van der Waals surface area contributed by atoms with Crippen LogP contribution in [0.5, 0.6) is 5.75 Å². The number of rotatable bonds is 4. The van der Waals surface area contributed by atoms with Crippen molar-refractivity contribution < 1.29 is 9.53 Å². The van der Waals surface area contributed by atoms with E-state index in [1.54, 1.807) is 32.2 Å². The molecule has 86 valence electrons. The van der Waals surface area contributed by atoms with Gasteiger partial charge in [0.2, 0.25) is 5.91 Å². The van der Waals surface area contributed by atoms with Gasteiger partial charge in [-0.1, -0.05) is 18.7 Å². The number of ether oxygens (including phenoxy) is 1. The number of methoxy groups -OCH3 is 1. The number of carbonyl (C=O) groups is 1. The molecule has 0 radical (unpaired) electrons. The van der Waals surface area contributed by atoms with Gasteiger partial charge in [0.15, 0.2) is 0 Å². The first-order valence-corrected chi connectivity index (χ1v) is 5.08. The molecular weight excluding hydrogens is 202 g/mol. The van der Waals surface area contributed by atoms with E-state index >= 15 is 0 Å². The first-order valence-electron chi connectivity index (χ1n) is 5.08. The number of amides is 1. The third-order valence-corrected chi connectivity index (χ3v) is 2.38. The van der Waals surface area contributed by atoms with Gasteiger partial charge in [0.25, 0.3) is 0 Å². The highest BCUT2D eigenvalue weighted by molar-refractivity contribution is 5.79. The van der Waals surface area contributed by atoms with Gasteiger partial charge in [-0.2, -0.15) is 0 Å². The van der Waals surface area contributed by atoms with E-state index in [-0.39, 0.29) is 5.91 Å². The zero-order valence-electron chi connectivity index (χ0n) is 9.99. The molecule has 0 unspecified atom stereocenters. The molecule has 0 aliphatic rings. The molecular formula is C13H17NO2. The Hall–Kier alpha value is -1.77. The van der Waals surface area contributed by atoms with E-state index in [2.05, 4.69) is 6.58 Å². The summed E-state index contributed by atoms with van der Waals surface area (Å²) < 4.78 is 5.22. The predicted molar refractivity (Wildman–Crippen MR) is 65.5 cm³/mol. The molecule has 0 bridgehead atoms. The number of hydrogen-bond donors (Lipinski definition) is 0. The Kier molecular flexibility index (Phi) is 4.11. The lowest BCUT2D eigenvalue weighted by atomic mass is 10.1. The molecule has 0 N–H and O–H groups in total. The highest BCUT2D eigenvalue weighted by Crippen LogP contribution is 2.21. The van der Waals surface area contributed by atoms with Crippen LogP contribution in [0.25, 0.3) is 6.08 Å². The zero-order chi connectivity index (χ0) is 12.1.